The first-order valence-electron chi connectivity index (χ1n) is 6.96. The Morgan fingerprint density at radius 2 is 1.74 bits per heavy atom. The van der Waals surface area contributed by atoms with E-state index in [1.54, 1.807) is 55.6 Å². The maximum absolute atomic E-state index is 12.1. The Morgan fingerprint density at radius 1 is 1.13 bits per heavy atom. The molecule has 2 rings (SSSR count). The molecule has 0 bridgehead atoms. The van der Waals surface area contributed by atoms with Crippen LogP contribution in [0.15, 0.2) is 48.5 Å². The summed E-state index contributed by atoms with van der Waals surface area (Å²) in [5.41, 5.74) is 6.78. The van der Waals surface area contributed by atoms with E-state index in [4.69, 9.17) is 22.1 Å². The molecule has 23 heavy (non-hydrogen) atoms. The van der Waals surface area contributed by atoms with E-state index in [1.165, 1.54) is 0 Å². The number of methoxy groups -OCH3 is 1. The van der Waals surface area contributed by atoms with Crippen molar-refractivity contribution >= 4 is 23.4 Å². The quantitative estimate of drug-likeness (QED) is 0.851. The van der Waals surface area contributed by atoms with Gasteiger partial charge < -0.3 is 15.8 Å². The molecule has 0 aromatic heterocycles. The molecule has 0 spiro atoms. The van der Waals surface area contributed by atoms with Gasteiger partial charge in [0.2, 0.25) is 11.8 Å². The maximum atomic E-state index is 12.1. The van der Waals surface area contributed by atoms with Crippen LogP contribution in [-0.4, -0.2) is 18.9 Å². The predicted octanol–water partition coefficient (Wildman–Crippen LogP) is 2.23. The number of hydrogen-bond donors (Lipinski definition) is 2. The standard InChI is InChI=1S/C17H17ClN2O3/c1-23-14-8-2-11(3-9-14)10-15(21)20-16(17(19)22)12-4-6-13(18)7-5-12/h2-9,16H,10H2,1H3,(H2,19,22)(H,20,21)/t16-/m1/s1. The van der Waals surface area contributed by atoms with Gasteiger partial charge in [0.1, 0.15) is 11.8 Å². The Bertz CT molecular complexity index is 684. The lowest BCUT2D eigenvalue weighted by atomic mass is 10.1. The highest BCUT2D eigenvalue weighted by Gasteiger charge is 2.20. The molecule has 0 aliphatic rings. The van der Waals surface area contributed by atoms with Gasteiger partial charge in [-0.3, -0.25) is 9.59 Å². The topological polar surface area (TPSA) is 81.4 Å². The molecule has 0 aliphatic carbocycles. The van der Waals surface area contributed by atoms with Crippen molar-refractivity contribution in [1.82, 2.24) is 5.32 Å². The van der Waals surface area contributed by atoms with E-state index < -0.39 is 11.9 Å². The summed E-state index contributed by atoms with van der Waals surface area (Å²) in [5.74, 6) is -0.213. The first kappa shape index (κ1) is 16.8. The molecule has 2 aromatic rings. The molecule has 0 saturated heterocycles. The van der Waals surface area contributed by atoms with Crippen molar-refractivity contribution < 1.29 is 14.3 Å². The Hall–Kier alpha value is -2.53. The molecule has 0 saturated carbocycles. The Balaban J connectivity index is 2.05. The summed E-state index contributed by atoms with van der Waals surface area (Å²) >= 11 is 5.82. The van der Waals surface area contributed by atoms with Gasteiger partial charge in [-0.2, -0.15) is 0 Å². The summed E-state index contributed by atoms with van der Waals surface area (Å²) < 4.78 is 5.07. The third-order valence-corrected chi connectivity index (χ3v) is 3.57. The highest BCUT2D eigenvalue weighted by Crippen LogP contribution is 2.17. The minimum atomic E-state index is -0.891. The lowest BCUT2D eigenvalue weighted by molar-refractivity contribution is -0.127. The highest BCUT2D eigenvalue weighted by molar-refractivity contribution is 6.30. The van der Waals surface area contributed by atoms with Crippen LogP contribution in [0.4, 0.5) is 0 Å². The minimum absolute atomic E-state index is 0.140. The fourth-order valence-corrected chi connectivity index (χ4v) is 2.24. The Labute approximate surface area is 139 Å². The fraction of sp³-hybridized carbons (Fsp3) is 0.176. The van der Waals surface area contributed by atoms with Crippen molar-refractivity contribution in [2.45, 2.75) is 12.5 Å². The zero-order valence-electron chi connectivity index (χ0n) is 12.6. The number of ether oxygens (including phenoxy) is 1. The van der Waals surface area contributed by atoms with Crippen LogP contribution in [0.1, 0.15) is 17.2 Å². The van der Waals surface area contributed by atoms with Gasteiger partial charge in [-0.15, -0.1) is 0 Å². The van der Waals surface area contributed by atoms with Crippen molar-refractivity contribution in [3.05, 3.63) is 64.7 Å². The van der Waals surface area contributed by atoms with Gasteiger partial charge in [0, 0.05) is 5.02 Å². The normalized spacial score (nSPS) is 11.6. The van der Waals surface area contributed by atoms with E-state index in [2.05, 4.69) is 5.32 Å². The summed E-state index contributed by atoms with van der Waals surface area (Å²) in [5, 5.41) is 3.18. The summed E-state index contributed by atoms with van der Waals surface area (Å²) in [7, 11) is 1.57. The van der Waals surface area contributed by atoms with Crippen LogP contribution in [0.3, 0.4) is 0 Å². The zero-order chi connectivity index (χ0) is 16.8. The van der Waals surface area contributed by atoms with Crippen molar-refractivity contribution in [2.24, 2.45) is 5.73 Å². The minimum Gasteiger partial charge on any atom is -0.497 e. The monoisotopic (exact) mass is 332 g/mol. The largest absolute Gasteiger partial charge is 0.497 e. The molecule has 0 heterocycles. The molecule has 2 amide bonds. The van der Waals surface area contributed by atoms with E-state index in [0.717, 1.165) is 5.56 Å². The third-order valence-electron chi connectivity index (χ3n) is 3.32. The van der Waals surface area contributed by atoms with Crippen molar-refractivity contribution in [3.63, 3.8) is 0 Å². The number of amides is 2. The van der Waals surface area contributed by atoms with E-state index in [1.807, 2.05) is 0 Å². The number of benzene rings is 2. The van der Waals surface area contributed by atoms with Gasteiger partial charge in [0.25, 0.3) is 0 Å². The summed E-state index contributed by atoms with van der Waals surface area (Å²) in [6.45, 7) is 0. The molecular weight excluding hydrogens is 316 g/mol. The van der Waals surface area contributed by atoms with Gasteiger partial charge in [-0.25, -0.2) is 0 Å². The Kier molecular flexibility index (Phi) is 5.60. The maximum Gasteiger partial charge on any atom is 0.244 e. The number of carbonyl (C=O) groups is 2. The van der Waals surface area contributed by atoms with E-state index in [9.17, 15) is 9.59 Å². The Morgan fingerprint density at radius 3 is 2.26 bits per heavy atom. The average Bonchev–Trinajstić information content (AvgIpc) is 2.54. The number of halogens is 1. The van der Waals surface area contributed by atoms with E-state index in [-0.39, 0.29) is 12.3 Å². The molecule has 3 N–H and O–H groups in total. The van der Waals surface area contributed by atoms with Crippen LogP contribution in [0.25, 0.3) is 0 Å². The van der Waals surface area contributed by atoms with Gasteiger partial charge in [-0.1, -0.05) is 35.9 Å². The second-order valence-electron chi connectivity index (χ2n) is 4.98. The van der Waals surface area contributed by atoms with Crippen molar-refractivity contribution in [3.8, 4) is 5.75 Å². The van der Waals surface area contributed by atoms with Crippen molar-refractivity contribution in [1.29, 1.82) is 0 Å². The average molecular weight is 333 g/mol. The smallest absolute Gasteiger partial charge is 0.244 e. The number of rotatable bonds is 6. The fourth-order valence-electron chi connectivity index (χ4n) is 2.11. The van der Waals surface area contributed by atoms with Gasteiger partial charge in [0.15, 0.2) is 0 Å². The first-order chi connectivity index (χ1) is 11.0. The molecular formula is C17H17ClN2O3. The SMILES string of the molecule is COc1ccc(CC(=O)N[C@@H](C(N)=O)c2ccc(Cl)cc2)cc1. The van der Waals surface area contributed by atoms with Crippen LogP contribution >= 0.6 is 11.6 Å². The van der Waals surface area contributed by atoms with E-state index in [0.29, 0.717) is 16.3 Å². The number of carbonyl (C=O) groups excluding carboxylic acids is 2. The molecule has 0 aliphatic heterocycles. The summed E-state index contributed by atoms with van der Waals surface area (Å²) in [4.78, 5) is 23.8. The highest BCUT2D eigenvalue weighted by atomic mass is 35.5. The van der Waals surface area contributed by atoms with Crippen LogP contribution < -0.4 is 15.8 Å². The van der Waals surface area contributed by atoms with Crippen LogP contribution in [0.5, 0.6) is 5.75 Å². The van der Waals surface area contributed by atoms with Crippen LogP contribution in [-0.2, 0) is 16.0 Å². The van der Waals surface area contributed by atoms with Crippen LogP contribution in [0.2, 0.25) is 5.02 Å². The van der Waals surface area contributed by atoms with Gasteiger partial charge in [-0.05, 0) is 35.4 Å². The lowest BCUT2D eigenvalue weighted by Crippen LogP contribution is -2.38. The van der Waals surface area contributed by atoms with Crippen LogP contribution in [0, 0.1) is 0 Å². The molecule has 0 unspecified atom stereocenters. The molecule has 6 heteroatoms. The number of nitrogens with two attached hydrogens (primary N) is 1. The number of primary amides is 1. The number of hydrogen-bond acceptors (Lipinski definition) is 3. The summed E-state index contributed by atoms with van der Waals surface area (Å²) in [6, 6.07) is 12.8. The molecule has 0 radical (unpaired) electrons. The second kappa shape index (κ2) is 7.65. The molecule has 1 atom stereocenters. The second-order valence-corrected chi connectivity index (χ2v) is 5.42. The lowest BCUT2D eigenvalue weighted by Gasteiger charge is -2.16. The molecule has 0 fully saturated rings. The van der Waals surface area contributed by atoms with Crippen molar-refractivity contribution in [2.75, 3.05) is 7.11 Å². The van der Waals surface area contributed by atoms with Gasteiger partial charge >= 0.3 is 0 Å². The number of nitrogens with one attached hydrogen (secondary N) is 1. The first-order valence-corrected chi connectivity index (χ1v) is 7.34. The predicted molar refractivity (Wildman–Crippen MR) is 88.2 cm³/mol. The van der Waals surface area contributed by atoms with Gasteiger partial charge in [0.05, 0.1) is 13.5 Å². The van der Waals surface area contributed by atoms with E-state index >= 15 is 0 Å². The molecule has 2 aromatic carbocycles. The zero-order valence-corrected chi connectivity index (χ0v) is 13.3. The molecule has 5 nitrogen and oxygen atoms in total. The third kappa shape index (κ3) is 4.72. The molecule has 120 valence electrons. The summed E-state index contributed by atoms with van der Waals surface area (Å²) in [6.07, 6.45) is 0.140.